The zero-order valence-corrected chi connectivity index (χ0v) is 12.5. The second-order valence-electron chi connectivity index (χ2n) is 5.38. The normalized spacial score (nSPS) is 20.9. The minimum absolute atomic E-state index is 0.466. The van der Waals surface area contributed by atoms with Gasteiger partial charge in [0.05, 0.1) is 13.2 Å². The van der Waals surface area contributed by atoms with E-state index in [-0.39, 0.29) is 0 Å². The monoisotopic (exact) mass is 278 g/mol. The third-order valence-corrected chi connectivity index (χ3v) is 4.08. The fraction of sp³-hybridized carbons (Fsp3) is 0.625. The van der Waals surface area contributed by atoms with Crippen molar-refractivity contribution in [3.8, 4) is 5.75 Å². The summed E-state index contributed by atoms with van der Waals surface area (Å²) in [6.07, 6.45) is 1.97. The third kappa shape index (κ3) is 3.95. The van der Waals surface area contributed by atoms with Gasteiger partial charge in [-0.05, 0) is 43.6 Å². The van der Waals surface area contributed by atoms with Crippen molar-refractivity contribution in [3.63, 3.8) is 0 Å². The van der Waals surface area contributed by atoms with Gasteiger partial charge in [0.15, 0.2) is 0 Å². The molecule has 1 fully saturated rings. The highest BCUT2D eigenvalue weighted by Gasteiger charge is 2.22. The first-order valence-electron chi connectivity index (χ1n) is 7.51. The summed E-state index contributed by atoms with van der Waals surface area (Å²) in [5.41, 5.74) is 0.923. The minimum Gasteiger partial charge on any atom is -0.497 e. The molecule has 1 aromatic rings. The maximum atomic E-state index is 10.5. The molecule has 0 bridgehead atoms. The Morgan fingerprint density at radius 3 is 3.00 bits per heavy atom. The van der Waals surface area contributed by atoms with Crippen molar-refractivity contribution < 1.29 is 9.84 Å². The van der Waals surface area contributed by atoms with Crippen molar-refractivity contribution in [2.24, 2.45) is 0 Å². The Morgan fingerprint density at radius 2 is 2.35 bits per heavy atom. The van der Waals surface area contributed by atoms with E-state index in [1.807, 2.05) is 24.3 Å². The molecule has 2 atom stereocenters. The number of ether oxygens (including phenoxy) is 1. The van der Waals surface area contributed by atoms with E-state index in [2.05, 4.69) is 17.1 Å². The van der Waals surface area contributed by atoms with E-state index in [1.54, 1.807) is 7.11 Å². The van der Waals surface area contributed by atoms with Crippen LogP contribution in [-0.2, 0) is 0 Å². The maximum Gasteiger partial charge on any atom is 0.119 e. The van der Waals surface area contributed by atoms with Gasteiger partial charge >= 0.3 is 0 Å². The number of aliphatic hydroxyl groups is 1. The average molecular weight is 278 g/mol. The molecule has 1 heterocycles. The standard InChI is InChI=1S/C16H26N2O2/c1-3-18(14-7-5-9-17-11-14)12-16(19)13-6-4-8-15(10-13)20-2/h4,6,8,10,14,16-17,19H,3,5,7,9,11-12H2,1-2H3. The van der Waals surface area contributed by atoms with Crippen LogP contribution in [-0.4, -0.2) is 49.3 Å². The Balaban J connectivity index is 1.98. The Bertz CT molecular complexity index is 405. The number of rotatable bonds is 6. The number of nitrogens with zero attached hydrogens (tertiary/aromatic N) is 1. The Labute approximate surface area is 121 Å². The molecule has 0 spiro atoms. The number of nitrogens with one attached hydrogen (secondary N) is 1. The second kappa shape index (κ2) is 7.62. The molecule has 112 valence electrons. The number of likely N-dealkylation sites (N-methyl/N-ethyl adjacent to an activating group) is 1. The van der Waals surface area contributed by atoms with Crippen molar-refractivity contribution in [2.45, 2.75) is 31.9 Å². The van der Waals surface area contributed by atoms with E-state index >= 15 is 0 Å². The SMILES string of the molecule is CCN(CC(O)c1cccc(OC)c1)C1CCCNC1. The third-order valence-electron chi connectivity index (χ3n) is 4.08. The van der Waals surface area contributed by atoms with Crippen LogP contribution in [0.3, 0.4) is 0 Å². The highest BCUT2D eigenvalue weighted by molar-refractivity contribution is 5.29. The lowest BCUT2D eigenvalue weighted by atomic mass is 10.0. The van der Waals surface area contributed by atoms with Crippen molar-refractivity contribution in [1.82, 2.24) is 10.2 Å². The molecular formula is C16H26N2O2. The molecular weight excluding hydrogens is 252 g/mol. The fourth-order valence-corrected chi connectivity index (χ4v) is 2.86. The molecule has 0 saturated carbocycles. The topological polar surface area (TPSA) is 44.7 Å². The summed E-state index contributed by atoms with van der Waals surface area (Å²) in [5.74, 6) is 0.795. The number of piperidine rings is 1. The molecule has 1 aliphatic heterocycles. The van der Waals surface area contributed by atoms with Crippen molar-refractivity contribution >= 4 is 0 Å². The Morgan fingerprint density at radius 1 is 1.50 bits per heavy atom. The summed E-state index contributed by atoms with van der Waals surface area (Å²) < 4.78 is 5.22. The zero-order valence-electron chi connectivity index (χ0n) is 12.5. The average Bonchev–Trinajstić information content (AvgIpc) is 2.53. The molecule has 2 rings (SSSR count). The van der Waals surface area contributed by atoms with E-state index in [9.17, 15) is 5.11 Å². The maximum absolute atomic E-state index is 10.5. The van der Waals surface area contributed by atoms with E-state index in [0.29, 0.717) is 12.6 Å². The molecule has 20 heavy (non-hydrogen) atoms. The van der Waals surface area contributed by atoms with Crippen LogP contribution in [0.5, 0.6) is 5.75 Å². The number of hydrogen-bond acceptors (Lipinski definition) is 4. The minimum atomic E-state index is -0.466. The number of methoxy groups -OCH3 is 1. The molecule has 2 unspecified atom stereocenters. The van der Waals surface area contributed by atoms with Crippen LogP contribution in [0.15, 0.2) is 24.3 Å². The molecule has 1 saturated heterocycles. The molecule has 0 aliphatic carbocycles. The summed E-state index contributed by atoms with van der Waals surface area (Å²) in [5, 5.41) is 13.9. The molecule has 4 heteroatoms. The van der Waals surface area contributed by atoms with Crippen LogP contribution in [0.1, 0.15) is 31.4 Å². The Hall–Kier alpha value is -1.10. The van der Waals surface area contributed by atoms with Gasteiger partial charge in [-0.1, -0.05) is 19.1 Å². The van der Waals surface area contributed by atoms with Gasteiger partial charge in [-0.3, -0.25) is 4.90 Å². The summed E-state index contributed by atoms with van der Waals surface area (Å²) in [4.78, 5) is 2.37. The highest BCUT2D eigenvalue weighted by Crippen LogP contribution is 2.21. The summed E-state index contributed by atoms with van der Waals surface area (Å²) in [6, 6.07) is 8.24. The van der Waals surface area contributed by atoms with Crippen LogP contribution in [0.25, 0.3) is 0 Å². The summed E-state index contributed by atoms with van der Waals surface area (Å²) >= 11 is 0. The lowest BCUT2D eigenvalue weighted by Crippen LogP contribution is -2.47. The molecule has 4 nitrogen and oxygen atoms in total. The highest BCUT2D eigenvalue weighted by atomic mass is 16.5. The van der Waals surface area contributed by atoms with Crippen LogP contribution in [0, 0.1) is 0 Å². The molecule has 0 radical (unpaired) electrons. The first-order valence-corrected chi connectivity index (χ1v) is 7.51. The van der Waals surface area contributed by atoms with E-state index in [1.165, 1.54) is 12.8 Å². The van der Waals surface area contributed by atoms with Gasteiger partial charge in [-0.2, -0.15) is 0 Å². The van der Waals surface area contributed by atoms with Crippen molar-refractivity contribution in [1.29, 1.82) is 0 Å². The predicted molar refractivity (Wildman–Crippen MR) is 81.1 cm³/mol. The van der Waals surface area contributed by atoms with Crippen LogP contribution in [0.4, 0.5) is 0 Å². The Kier molecular flexibility index (Phi) is 5.83. The summed E-state index contributed by atoms with van der Waals surface area (Å²) in [7, 11) is 1.65. The van der Waals surface area contributed by atoms with Crippen LogP contribution in [0.2, 0.25) is 0 Å². The number of benzene rings is 1. The van der Waals surface area contributed by atoms with Crippen LogP contribution < -0.4 is 10.1 Å². The van der Waals surface area contributed by atoms with E-state index in [4.69, 9.17) is 4.74 Å². The molecule has 1 aliphatic rings. The lowest BCUT2D eigenvalue weighted by Gasteiger charge is -2.35. The molecule has 1 aromatic carbocycles. The fourth-order valence-electron chi connectivity index (χ4n) is 2.86. The van der Waals surface area contributed by atoms with Gasteiger partial charge in [0.2, 0.25) is 0 Å². The van der Waals surface area contributed by atoms with Gasteiger partial charge < -0.3 is 15.2 Å². The zero-order chi connectivity index (χ0) is 14.4. The second-order valence-corrected chi connectivity index (χ2v) is 5.38. The quantitative estimate of drug-likeness (QED) is 0.833. The number of hydrogen-bond donors (Lipinski definition) is 2. The van der Waals surface area contributed by atoms with E-state index < -0.39 is 6.10 Å². The van der Waals surface area contributed by atoms with Crippen LogP contribution >= 0.6 is 0 Å². The molecule has 0 aromatic heterocycles. The molecule has 2 N–H and O–H groups in total. The smallest absolute Gasteiger partial charge is 0.119 e. The van der Waals surface area contributed by atoms with Gasteiger partial charge in [-0.25, -0.2) is 0 Å². The number of aliphatic hydroxyl groups excluding tert-OH is 1. The molecule has 0 amide bonds. The van der Waals surface area contributed by atoms with Crippen molar-refractivity contribution in [2.75, 3.05) is 33.3 Å². The predicted octanol–water partition coefficient (Wildman–Crippen LogP) is 1.80. The van der Waals surface area contributed by atoms with Gasteiger partial charge in [-0.15, -0.1) is 0 Å². The first kappa shape index (κ1) is 15.3. The van der Waals surface area contributed by atoms with Crippen molar-refractivity contribution in [3.05, 3.63) is 29.8 Å². The van der Waals surface area contributed by atoms with Gasteiger partial charge in [0.25, 0.3) is 0 Å². The van der Waals surface area contributed by atoms with Gasteiger partial charge in [0.1, 0.15) is 5.75 Å². The van der Waals surface area contributed by atoms with Gasteiger partial charge in [0, 0.05) is 19.1 Å². The van der Waals surface area contributed by atoms with E-state index in [0.717, 1.165) is 30.9 Å². The first-order chi connectivity index (χ1) is 9.74. The largest absolute Gasteiger partial charge is 0.497 e. The summed E-state index contributed by atoms with van der Waals surface area (Å²) in [6.45, 7) is 5.95. The lowest BCUT2D eigenvalue weighted by molar-refractivity contribution is 0.0809.